The highest BCUT2D eigenvalue weighted by Crippen LogP contribution is 2.31. The van der Waals surface area contributed by atoms with Crippen molar-refractivity contribution in [1.29, 1.82) is 0 Å². The summed E-state index contributed by atoms with van der Waals surface area (Å²) in [6, 6.07) is 15.2. The van der Waals surface area contributed by atoms with Crippen LogP contribution < -0.4 is 9.47 Å². The number of non-ortho nitro benzene ring substituents is 1. The molecule has 0 aliphatic carbocycles. The second-order valence-corrected chi connectivity index (χ2v) is 7.18. The second kappa shape index (κ2) is 9.96. The molecule has 3 aromatic rings. The molecule has 0 saturated carbocycles. The molecule has 3 aromatic carbocycles. The lowest BCUT2D eigenvalue weighted by Crippen LogP contribution is -2.10. The summed E-state index contributed by atoms with van der Waals surface area (Å²) in [6.45, 7) is 1.99. The molecule has 1 aliphatic rings. The Labute approximate surface area is 198 Å². The van der Waals surface area contributed by atoms with E-state index in [0.29, 0.717) is 11.1 Å². The van der Waals surface area contributed by atoms with Gasteiger partial charge in [-0.25, -0.2) is 19.0 Å². The van der Waals surface area contributed by atoms with Gasteiger partial charge in [-0.3, -0.25) is 10.1 Å². The minimum atomic E-state index is -0.801. The summed E-state index contributed by atoms with van der Waals surface area (Å²) in [5.74, 6) is -1.72. The largest absolute Gasteiger partial charge is 0.490 e. The van der Waals surface area contributed by atoms with E-state index in [4.69, 9.17) is 14.2 Å². The Bertz CT molecular complexity index is 1400. The fourth-order valence-corrected chi connectivity index (χ4v) is 3.18. The molecule has 0 atom stereocenters. The fourth-order valence-electron chi connectivity index (χ4n) is 3.18. The average Bonchev–Trinajstić information content (AvgIpc) is 3.21. The smallest absolute Gasteiger partial charge is 0.363 e. The fraction of sp³-hybridized carbons (Fsp3) is 0.0800. The van der Waals surface area contributed by atoms with E-state index >= 15 is 0 Å². The van der Waals surface area contributed by atoms with Crippen LogP contribution in [-0.2, 0) is 9.53 Å². The van der Waals surface area contributed by atoms with E-state index in [9.17, 15) is 24.1 Å². The van der Waals surface area contributed by atoms with Crippen molar-refractivity contribution in [2.75, 3.05) is 6.61 Å². The number of nitrogens with zero attached hydrogens (tertiary/aromatic N) is 2. The van der Waals surface area contributed by atoms with E-state index in [1.54, 1.807) is 19.1 Å². The number of halogens is 1. The van der Waals surface area contributed by atoms with Crippen LogP contribution in [0.25, 0.3) is 6.08 Å². The number of cyclic esters (lactones) is 1. The number of hydrogen-bond donors (Lipinski definition) is 0. The van der Waals surface area contributed by atoms with Crippen LogP contribution in [-0.4, -0.2) is 29.4 Å². The lowest BCUT2D eigenvalue weighted by molar-refractivity contribution is -0.384. The monoisotopic (exact) mass is 476 g/mol. The molecular weight excluding hydrogens is 459 g/mol. The number of carbonyl (C=O) groups excluding carboxylic acids is 2. The van der Waals surface area contributed by atoms with Crippen LogP contribution in [0.5, 0.6) is 11.5 Å². The summed E-state index contributed by atoms with van der Waals surface area (Å²) in [5.41, 5.74) is 0.571. The van der Waals surface area contributed by atoms with Gasteiger partial charge in [0.05, 0.1) is 17.1 Å². The minimum Gasteiger partial charge on any atom is -0.490 e. The molecule has 1 aliphatic heterocycles. The van der Waals surface area contributed by atoms with Gasteiger partial charge in [0.15, 0.2) is 17.2 Å². The highest BCUT2D eigenvalue weighted by atomic mass is 19.1. The molecule has 35 heavy (non-hydrogen) atoms. The number of esters is 2. The summed E-state index contributed by atoms with van der Waals surface area (Å²) in [6.07, 6.45) is 1.45. The minimum absolute atomic E-state index is 0.000703. The third-order valence-corrected chi connectivity index (χ3v) is 4.76. The van der Waals surface area contributed by atoms with Gasteiger partial charge >= 0.3 is 11.9 Å². The molecule has 176 valence electrons. The predicted molar refractivity (Wildman–Crippen MR) is 123 cm³/mol. The number of hydrogen-bond acceptors (Lipinski definition) is 8. The molecule has 0 unspecified atom stereocenters. The Kier molecular flexibility index (Phi) is 6.63. The van der Waals surface area contributed by atoms with Crippen LogP contribution in [0.3, 0.4) is 0 Å². The third kappa shape index (κ3) is 5.38. The van der Waals surface area contributed by atoms with Crippen molar-refractivity contribution in [1.82, 2.24) is 0 Å². The van der Waals surface area contributed by atoms with Gasteiger partial charge in [-0.05, 0) is 55.0 Å². The molecule has 0 radical (unpaired) electrons. The molecule has 0 N–H and O–H groups in total. The maximum atomic E-state index is 13.5. The number of benzene rings is 3. The van der Waals surface area contributed by atoms with E-state index in [0.717, 1.165) is 6.07 Å². The van der Waals surface area contributed by atoms with Crippen molar-refractivity contribution in [2.24, 2.45) is 4.99 Å². The lowest BCUT2D eigenvalue weighted by Gasteiger charge is -2.11. The molecule has 1 heterocycles. The van der Waals surface area contributed by atoms with Gasteiger partial charge in [-0.15, -0.1) is 0 Å². The third-order valence-electron chi connectivity index (χ3n) is 4.76. The highest BCUT2D eigenvalue weighted by Gasteiger charge is 2.25. The van der Waals surface area contributed by atoms with Crippen molar-refractivity contribution in [3.05, 3.63) is 105 Å². The Morgan fingerprint density at radius 2 is 1.91 bits per heavy atom. The van der Waals surface area contributed by atoms with Crippen molar-refractivity contribution in [3.63, 3.8) is 0 Å². The average molecular weight is 476 g/mol. The first kappa shape index (κ1) is 23.3. The number of nitro groups is 1. The summed E-state index contributed by atoms with van der Waals surface area (Å²) < 4.78 is 29.6. The van der Waals surface area contributed by atoms with E-state index < -0.39 is 22.7 Å². The maximum Gasteiger partial charge on any atom is 0.363 e. The van der Waals surface area contributed by atoms with Gasteiger partial charge in [-0.1, -0.05) is 18.2 Å². The maximum absolute atomic E-state index is 13.5. The van der Waals surface area contributed by atoms with E-state index in [-0.39, 0.29) is 41.0 Å². The van der Waals surface area contributed by atoms with Crippen LogP contribution in [0.2, 0.25) is 0 Å². The summed E-state index contributed by atoms with van der Waals surface area (Å²) in [4.78, 5) is 39.3. The zero-order chi connectivity index (χ0) is 24.9. The number of aliphatic imine (C=N–C) groups is 1. The highest BCUT2D eigenvalue weighted by molar-refractivity contribution is 6.12. The van der Waals surface area contributed by atoms with Crippen LogP contribution >= 0.6 is 0 Å². The Hall–Kier alpha value is -4.86. The SMILES string of the molecule is CCOc1cc(C=C2N=C(c3cccc(F)c3)OC2=O)ccc1OC(=O)c1cccc([N+](=O)[O-])c1. The molecule has 4 rings (SSSR count). The van der Waals surface area contributed by atoms with Crippen molar-refractivity contribution >= 4 is 29.6 Å². The second-order valence-electron chi connectivity index (χ2n) is 7.18. The van der Waals surface area contributed by atoms with Gasteiger partial charge in [0, 0.05) is 17.7 Å². The molecule has 0 saturated heterocycles. The molecule has 0 aromatic heterocycles. The normalized spacial score (nSPS) is 13.8. The van der Waals surface area contributed by atoms with E-state index in [1.807, 2.05) is 0 Å². The number of ether oxygens (including phenoxy) is 3. The first-order chi connectivity index (χ1) is 16.8. The van der Waals surface area contributed by atoms with Crippen LogP contribution in [0.15, 0.2) is 77.4 Å². The zero-order valence-corrected chi connectivity index (χ0v) is 18.3. The Balaban J connectivity index is 1.59. The Morgan fingerprint density at radius 3 is 2.66 bits per heavy atom. The zero-order valence-electron chi connectivity index (χ0n) is 18.3. The van der Waals surface area contributed by atoms with Crippen LogP contribution in [0.1, 0.15) is 28.4 Å². The van der Waals surface area contributed by atoms with Crippen LogP contribution in [0, 0.1) is 15.9 Å². The quantitative estimate of drug-likeness (QED) is 0.160. The van der Waals surface area contributed by atoms with Crippen molar-refractivity contribution in [2.45, 2.75) is 6.92 Å². The van der Waals surface area contributed by atoms with E-state index in [1.165, 1.54) is 54.6 Å². The van der Waals surface area contributed by atoms with Crippen molar-refractivity contribution < 1.29 is 33.1 Å². The van der Waals surface area contributed by atoms with Crippen molar-refractivity contribution in [3.8, 4) is 11.5 Å². The van der Waals surface area contributed by atoms with Gasteiger partial charge in [-0.2, -0.15) is 0 Å². The summed E-state index contributed by atoms with van der Waals surface area (Å²) in [7, 11) is 0. The molecular formula is C25H17FN2O7. The summed E-state index contributed by atoms with van der Waals surface area (Å²) >= 11 is 0. The van der Waals surface area contributed by atoms with E-state index in [2.05, 4.69) is 4.99 Å². The van der Waals surface area contributed by atoms with Gasteiger partial charge in [0.25, 0.3) is 5.69 Å². The van der Waals surface area contributed by atoms with Crippen LogP contribution in [0.4, 0.5) is 10.1 Å². The first-order valence-electron chi connectivity index (χ1n) is 10.4. The summed E-state index contributed by atoms with van der Waals surface area (Å²) in [5, 5.41) is 11.0. The molecule has 0 spiro atoms. The van der Waals surface area contributed by atoms with Gasteiger partial charge in [0.1, 0.15) is 5.82 Å². The molecule has 0 fully saturated rings. The molecule has 10 heteroatoms. The number of nitro benzene ring substituents is 1. The Morgan fingerprint density at radius 1 is 1.11 bits per heavy atom. The number of carbonyl (C=O) groups is 2. The molecule has 0 amide bonds. The standard InChI is InChI=1S/C25H17FN2O7/c1-2-33-22-12-15(11-20-25(30)35-23(27-20)16-5-3-7-18(26)13-16)9-10-21(22)34-24(29)17-6-4-8-19(14-17)28(31)32/h3-14H,2H2,1H3. The topological polar surface area (TPSA) is 117 Å². The molecule has 9 nitrogen and oxygen atoms in total. The molecule has 0 bridgehead atoms. The predicted octanol–water partition coefficient (Wildman–Crippen LogP) is 4.70. The number of rotatable bonds is 7. The first-order valence-corrected chi connectivity index (χ1v) is 10.4. The van der Waals surface area contributed by atoms with Gasteiger partial charge in [0.2, 0.25) is 5.90 Å². The van der Waals surface area contributed by atoms with Gasteiger partial charge < -0.3 is 14.2 Å². The lowest BCUT2D eigenvalue weighted by atomic mass is 10.1.